The van der Waals surface area contributed by atoms with Gasteiger partial charge in [0.1, 0.15) is 0 Å². The van der Waals surface area contributed by atoms with Gasteiger partial charge in [0, 0.05) is 5.92 Å². The van der Waals surface area contributed by atoms with Crippen molar-refractivity contribution in [1.82, 2.24) is 30.8 Å². The smallest absolute Gasteiger partial charge is 0.0850 e. The Labute approximate surface area is 143 Å². The summed E-state index contributed by atoms with van der Waals surface area (Å²) in [7, 11) is 0. The van der Waals surface area contributed by atoms with Crippen LogP contribution in [0.3, 0.4) is 0 Å². The van der Waals surface area contributed by atoms with E-state index in [1.165, 1.54) is 0 Å². The molecule has 2 aromatic rings. The number of aromatic amines is 2. The summed E-state index contributed by atoms with van der Waals surface area (Å²) >= 11 is 0. The lowest BCUT2D eigenvalue weighted by Crippen LogP contribution is -2.10. The minimum atomic E-state index is 0.480. The molecule has 0 atom stereocenters. The van der Waals surface area contributed by atoms with E-state index < -0.39 is 0 Å². The number of aromatic nitrogens is 6. The molecule has 8 heteroatoms. The third-order valence-electron chi connectivity index (χ3n) is 3.73. The quantitative estimate of drug-likeness (QED) is 0.894. The highest BCUT2D eigenvalue weighted by molar-refractivity contribution is 4.96. The van der Waals surface area contributed by atoms with Gasteiger partial charge < -0.3 is 0 Å². The van der Waals surface area contributed by atoms with E-state index in [0.717, 1.165) is 36.3 Å². The Balaban J connectivity index is 0.000000180. The lowest BCUT2D eigenvalue weighted by atomic mass is 9.97. The summed E-state index contributed by atoms with van der Waals surface area (Å²) in [5, 5.41) is 28.0. The van der Waals surface area contributed by atoms with Crippen LogP contribution in [0.25, 0.3) is 0 Å². The molecule has 0 bridgehead atoms. The SMILES string of the molecule is CC(C)C1CN=NC1.CC(C)c1cn[nH]n1.CC(C)c1cn[nH]n1. The molecule has 0 radical (unpaired) electrons. The zero-order valence-corrected chi connectivity index (χ0v) is 15.6. The monoisotopic (exact) mass is 334 g/mol. The predicted molar refractivity (Wildman–Crippen MR) is 93.9 cm³/mol. The number of H-pyrrole nitrogens is 2. The van der Waals surface area contributed by atoms with Crippen LogP contribution in [-0.4, -0.2) is 43.9 Å². The van der Waals surface area contributed by atoms with E-state index in [0.29, 0.717) is 11.8 Å². The second kappa shape index (κ2) is 10.6. The molecule has 0 aliphatic carbocycles. The summed E-state index contributed by atoms with van der Waals surface area (Å²) in [5.74, 6) is 2.45. The normalized spacial score (nSPS) is 13.9. The fourth-order valence-corrected chi connectivity index (χ4v) is 1.78. The van der Waals surface area contributed by atoms with Gasteiger partial charge in [-0.3, -0.25) is 0 Å². The maximum Gasteiger partial charge on any atom is 0.0850 e. The molecule has 24 heavy (non-hydrogen) atoms. The third kappa shape index (κ3) is 7.43. The van der Waals surface area contributed by atoms with Gasteiger partial charge in [-0.15, -0.1) is 0 Å². The maximum atomic E-state index is 3.91. The second-order valence-corrected chi connectivity index (χ2v) is 6.75. The zero-order chi connectivity index (χ0) is 17.9. The number of hydrogen-bond acceptors (Lipinski definition) is 6. The molecule has 134 valence electrons. The van der Waals surface area contributed by atoms with Gasteiger partial charge in [-0.25, -0.2) is 0 Å². The van der Waals surface area contributed by atoms with Crippen LogP contribution in [0.1, 0.15) is 64.8 Å². The highest BCUT2D eigenvalue weighted by atomic mass is 15.3. The number of azo groups is 1. The Kier molecular flexibility index (Phi) is 8.81. The van der Waals surface area contributed by atoms with Crippen molar-refractivity contribution in [2.24, 2.45) is 22.1 Å². The van der Waals surface area contributed by atoms with Crippen molar-refractivity contribution in [3.63, 3.8) is 0 Å². The van der Waals surface area contributed by atoms with Crippen molar-refractivity contribution in [3.05, 3.63) is 23.8 Å². The molecular formula is C16H30N8. The molecule has 1 aliphatic heterocycles. The van der Waals surface area contributed by atoms with Crippen LogP contribution < -0.4 is 0 Å². The molecule has 0 saturated heterocycles. The third-order valence-corrected chi connectivity index (χ3v) is 3.73. The largest absolute Gasteiger partial charge is 0.198 e. The Morgan fingerprint density at radius 2 is 1.21 bits per heavy atom. The van der Waals surface area contributed by atoms with Gasteiger partial charge in [-0.1, -0.05) is 41.5 Å². The van der Waals surface area contributed by atoms with Crippen molar-refractivity contribution >= 4 is 0 Å². The molecule has 0 aromatic carbocycles. The standard InChI is InChI=1S/C6H12N2.2C5H9N3/c1-5(2)6-3-7-8-4-6;2*1-4(2)5-3-6-8-7-5/h5-6H,3-4H2,1-2H3;2*3-4H,1-2H3,(H,6,7,8). The molecule has 1 aliphatic rings. The Morgan fingerprint density at radius 1 is 0.792 bits per heavy atom. The summed E-state index contributed by atoms with van der Waals surface area (Å²) in [6.45, 7) is 14.7. The van der Waals surface area contributed by atoms with E-state index in [2.05, 4.69) is 82.6 Å². The summed E-state index contributed by atoms with van der Waals surface area (Å²) in [4.78, 5) is 0. The fourth-order valence-electron chi connectivity index (χ4n) is 1.78. The van der Waals surface area contributed by atoms with Crippen LogP contribution in [0.4, 0.5) is 0 Å². The van der Waals surface area contributed by atoms with Crippen LogP contribution in [0, 0.1) is 11.8 Å². The molecule has 0 amide bonds. The van der Waals surface area contributed by atoms with E-state index in [1.807, 2.05) is 0 Å². The van der Waals surface area contributed by atoms with Crippen molar-refractivity contribution in [3.8, 4) is 0 Å². The number of hydrogen-bond donors (Lipinski definition) is 2. The average Bonchev–Trinajstić information content (AvgIpc) is 3.29. The molecule has 2 aromatic heterocycles. The predicted octanol–water partition coefficient (Wildman–Crippen LogP) is 3.58. The van der Waals surface area contributed by atoms with Gasteiger partial charge in [-0.05, 0) is 17.8 Å². The average molecular weight is 334 g/mol. The van der Waals surface area contributed by atoms with E-state index in [-0.39, 0.29) is 0 Å². The first-order chi connectivity index (χ1) is 11.4. The van der Waals surface area contributed by atoms with Gasteiger partial charge in [-0.2, -0.15) is 41.0 Å². The highest BCUT2D eigenvalue weighted by Gasteiger charge is 2.15. The molecule has 8 nitrogen and oxygen atoms in total. The number of rotatable bonds is 3. The Bertz CT molecular complexity index is 496. The molecule has 2 N–H and O–H groups in total. The Morgan fingerprint density at radius 3 is 1.38 bits per heavy atom. The van der Waals surface area contributed by atoms with E-state index in [4.69, 9.17) is 0 Å². The molecule has 0 saturated carbocycles. The summed E-state index contributed by atoms with van der Waals surface area (Å²) in [6, 6.07) is 0. The van der Waals surface area contributed by atoms with Gasteiger partial charge in [0.25, 0.3) is 0 Å². The Hall–Kier alpha value is -2.12. The first kappa shape index (κ1) is 19.9. The maximum absolute atomic E-state index is 3.91. The van der Waals surface area contributed by atoms with Crippen LogP contribution >= 0.6 is 0 Å². The lowest BCUT2D eigenvalue weighted by molar-refractivity contribution is 0.436. The van der Waals surface area contributed by atoms with Gasteiger partial charge in [0.15, 0.2) is 0 Å². The first-order valence-electron chi connectivity index (χ1n) is 8.46. The molecule has 3 rings (SSSR count). The van der Waals surface area contributed by atoms with E-state index >= 15 is 0 Å². The highest BCUT2D eigenvalue weighted by Crippen LogP contribution is 2.16. The van der Waals surface area contributed by atoms with Gasteiger partial charge in [0.05, 0.1) is 36.9 Å². The second-order valence-electron chi connectivity index (χ2n) is 6.75. The van der Waals surface area contributed by atoms with Crippen molar-refractivity contribution in [2.45, 2.75) is 53.4 Å². The number of nitrogens with one attached hydrogen (secondary N) is 2. The van der Waals surface area contributed by atoms with E-state index in [1.54, 1.807) is 12.4 Å². The minimum Gasteiger partial charge on any atom is -0.198 e. The van der Waals surface area contributed by atoms with Crippen LogP contribution in [0.2, 0.25) is 0 Å². The zero-order valence-electron chi connectivity index (χ0n) is 15.6. The van der Waals surface area contributed by atoms with Crippen molar-refractivity contribution in [2.75, 3.05) is 13.1 Å². The number of nitrogens with zero attached hydrogens (tertiary/aromatic N) is 6. The molecule has 0 fully saturated rings. The van der Waals surface area contributed by atoms with Crippen LogP contribution in [0.5, 0.6) is 0 Å². The molecule has 3 heterocycles. The van der Waals surface area contributed by atoms with Crippen LogP contribution in [0.15, 0.2) is 22.6 Å². The van der Waals surface area contributed by atoms with Gasteiger partial charge >= 0.3 is 0 Å². The topological polar surface area (TPSA) is 108 Å². The molecular weight excluding hydrogens is 304 g/mol. The minimum absolute atomic E-state index is 0.480. The fraction of sp³-hybridized carbons (Fsp3) is 0.750. The van der Waals surface area contributed by atoms with Crippen molar-refractivity contribution in [1.29, 1.82) is 0 Å². The summed E-state index contributed by atoms with van der Waals surface area (Å²) in [5.41, 5.74) is 2.04. The van der Waals surface area contributed by atoms with Gasteiger partial charge in [0.2, 0.25) is 0 Å². The first-order valence-corrected chi connectivity index (χ1v) is 8.46. The molecule has 0 spiro atoms. The summed E-state index contributed by atoms with van der Waals surface area (Å²) in [6.07, 6.45) is 3.48. The van der Waals surface area contributed by atoms with Crippen LogP contribution in [-0.2, 0) is 0 Å². The lowest BCUT2D eigenvalue weighted by Gasteiger charge is -2.08. The molecule has 0 unspecified atom stereocenters. The van der Waals surface area contributed by atoms with Crippen molar-refractivity contribution < 1.29 is 0 Å². The van der Waals surface area contributed by atoms with E-state index in [9.17, 15) is 0 Å². The summed E-state index contributed by atoms with van der Waals surface area (Å²) < 4.78 is 0.